The van der Waals surface area contributed by atoms with Gasteiger partial charge in [0.15, 0.2) is 12.3 Å². The van der Waals surface area contributed by atoms with Crippen molar-refractivity contribution in [2.24, 2.45) is 11.8 Å². The molecule has 1 rings (SSSR count). The van der Waals surface area contributed by atoms with E-state index >= 15 is 0 Å². The van der Waals surface area contributed by atoms with Gasteiger partial charge in [0.2, 0.25) is 10.6 Å². The van der Waals surface area contributed by atoms with Crippen LogP contribution in [0.3, 0.4) is 0 Å². The molecule has 0 saturated heterocycles. The Labute approximate surface area is 112 Å². The average Bonchev–Trinajstić information content (AvgIpc) is 2.27. The third-order valence-electron chi connectivity index (χ3n) is 2.48. The van der Waals surface area contributed by atoms with E-state index in [2.05, 4.69) is 27.7 Å². The highest BCUT2D eigenvalue weighted by atomic mass is 31.1. The molecule has 0 N–H and O–H groups in total. The zero-order chi connectivity index (χ0) is 13.7. The maximum atomic E-state index is 12.3. The van der Waals surface area contributed by atoms with Gasteiger partial charge in [0, 0.05) is 0 Å². The third kappa shape index (κ3) is 4.59. The largest absolute Gasteiger partial charge is 0.381 e. The Balaban J connectivity index is 2.99. The van der Waals surface area contributed by atoms with Crippen LogP contribution in [0.5, 0.6) is 0 Å². The molecular formula is C14H22O2P2+2. The molecule has 1 aromatic carbocycles. The average molecular weight is 284 g/mol. The summed E-state index contributed by atoms with van der Waals surface area (Å²) in [4.78, 5) is 0. The fraction of sp³-hybridized carbons (Fsp3) is 0.571. The van der Waals surface area contributed by atoms with Crippen LogP contribution in [0.4, 0.5) is 0 Å². The molecule has 0 aliphatic carbocycles. The summed E-state index contributed by atoms with van der Waals surface area (Å²) in [7, 11) is -2.85. The van der Waals surface area contributed by atoms with Crippen LogP contribution < -0.4 is 10.6 Å². The predicted molar refractivity (Wildman–Crippen MR) is 80.3 cm³/mol. The first-order chi connectivity index (χ1) is 8.41. The fourth-order valence-electron chi connectivity index (χ4n) is 1.75. The van der Waals surface area contributed by atoms with E-state index in [-0.39, 0.29) is 0 Å². The maximum Gasteiger partial charge on any atom is 0.381 e. The minimum absolute atomic E-state index is 0.393. The summed E-state index contributed by atoms with van der Waals surface area (Å²) in [5.41, 5.74) is 0. The smallest absolute Gasteiger partial charge is 0.0679 e. The Morgan fingerprint density at radius 1 is 0.833 bits per heavy atom. The summed E-state index contributed by atoms with van der Waals surface area (Å²) in [6.07, 6.45) is 1.33. The lowest BCUT2D eigenvalue weighted by atomic mass is 10.3. The molecule has 0 saturated carbocycles. The van der Waals surface area contributed by atoms with Crippen molar-refractivity contribution in [3.63, 3.8) is 0 Å². The first kappa shape index (κ1) is 15.5. The zero-order valence-corrected chi connectivity index (χ0v) is 13.4. The quantitative estimate of drug-likeness (QED) is 0.742. The monoisotopic (exact) mass is 284 g/mol. The van der Waals surface area contributed by atoms with Crippen molar-refractivity contribution >= 4 is 26.2 Å². The van der Waals surface area contributed by atoms with Gasteiger partial charge in [-0.05, 0) is 24.0 Å². The Morgan fingerprint density at radius 2 is 1.17 bits per heavy atom. The molecule has 0 heterocycles. The topological polar surface area (TPSA) is 34.1 Å². The van der Waals surface area contributed by atoms with Gasteiger partial charge in [-0.2, -0.15) is 0 Å². The van der Waals surface area contributed by atoms with Crippen LogP contribution in [-0.2, 0) is 9.13 Å². The molecule has 1 aromatic rings. The lowest BCUT2D eigenvalue weighted by Gasteiger charge is -1.97. The summed E-state index contributed by atoms with van der Waals surface area (Å²) >= 11 is 0. The van der Waals surface area contributed by atoms with Crippen LogP contribution in [0.1, 0.15) is 27.7 Å². The molecule has 0 bridgehead atoms. The fourth-order valence-corrected chi connectivity index (χ4v) is 5.30. The van der Waals surface area contributed by atoms with Crippen molar-refractivity contribution in [2.45, 2.75) is 27.7 Å². The molecule has 98 valence electrons. The Hall–Kier alpha value is -0.580. The number of hydrogen-bond acceptors (Lipinski definition) is 2. The van der Waals surface area contributed by atoms with Crippen LogP contribution in [0.25, 0.3) is 0 Å². The Morgan fingerprint density at radius 3 is 1.44 bits per heavy atom. The van der Waals surface area contributed by atoms with Crippen molar-refractivity contribution in [3.05, 3.63) is 24.3 Å². The summed E-state index contributed by atoms with van der Waals surface area (Å²) in [6.45, 7) is 8.24. The molecule has 0 radical (unpaired) electrons. The van der Waals surface area contributed by atoms with E-state index in [9.17, 15) is 9.13 Å². The minimum atomic E-state index is -1.43. The van der Waals surface area contributed by atoms with Crippen LogP contribution in [0.15, 0.2) is 24.3 Å². The Kier molecular flexibility index (Phi) is 6.12. The molecule has 0 aliphatic rings. The van der Waals surface area contributed by atoms with E-state index in [0.29, 0.717) is 24.2 Å². The molecule has 0 spiro atoms. The highest BCUT2D eigenvalue weighted by Crippen LogP contribution is 2.29. The van der Waals surface area contributed by atoms with Crippen LogP contribution >= 0.6 is 15.6 Å². The van der Waals surface area contributed by atoms with Gasteiger partial charge in [-0.3, -0.25) is 0 Å². The molecule has 4 heteroatoms. The second-order valence-electron chi connectivity index (χ2n) is 5.40. The van der Waals surface area contributed by atoms with Gasteiger partial charge in [-0.1, -0.05) is 49.0 Å². The number of rotatable bonds is 6. The second kappa shape index (κ2) is 7.12. The minimum Gasteiger partial charge on any atom is -0.0679 e. The van der Waals surface area contributed by atoms with E-state index in [1.54, 1.807) is 0 Å². The van der Waals surface area contributed by atoms with Gasteiger partial charge < -0.3 is 0 Å². The third-order valence-corrected chi connectivity index (χ3v) is 6.64. The standard InChI is InChI=1S/C14H22O2P2/c1-11(2)9-17(15)13-7-5-6-8-14(13)18(16)10-12(3)4/h5-8,11-12H,9-10H2,1-4H3/q+2. The van der Waals surface area contributed by atoms with Gasteiger partial charge in [0.05, 0.1) is 0 Å². The Bertz CT molecular complexity index is 398. The van der Waals surface area contributed by atoms with E-state index in [4.69, 9.17) is 0 Å². The van der Waals surface area contributed by atoms with E-state index in [1.807, 2.05) is 24.3 Å². The van der Waals surface area contributed by atoms with Gasteiger partial charge in [-0.15, -0.1) is 0 Å². The van der Waals surface area contributed by atoms with Crippen molar-refractivity contribution in [1.82, 2.24) is 0 Å². The number of benzene rings is 1. The van der Waals surface area contributed by atoms with E-state index in [1.165, 1.54) is 0 Å². The van der Waals surface area contributed by atoms with Crippen molar-refractivity contribution in [3.8, 4) is 0 Å². The maximum absolute atomic E-state index is 12.3. The van der Waals surface area contributed by atoms with Crippen molar-refractivity contribution in [1.29, 1.82) is 0 Å². The predicted octanol–water partition coefficient (Wildman–Crippen LogP) is 3.90. The van der Waals surface area contributed by atoms with Crippen LogP contribution in [-0.4, -0.2) is 12.3 Å². The van der Waals surface area contributed by atoms with E-state index < -0.39 is 15.6 Å². The molecule has 18 heavy (non-hydrogen) atoms. The van der Waals surface area contributed by atoms with Crippen molar-refractivity contribution in [2.75, 3.05) is 12.3 Å². The SMILES string of the molecule is CC(C)C[P+](=O)c1ccccc1[P+](=O)CC(C)C. The molecule has 0 fully saturated rings. The van der Waals surface area contributed by atoms with Crippen LogP contribution in [0.2, 0.25) is 0 Å². The van der Waals surface area contributed by atoms with Gasteiger partial charge in [-0.25, -0.2) is 0 Å². The van der Waals surface area contributed by atoms with Gasteiger partial charge in [0.1, 0.15) is 0 Å². The normalized spacial score (nSPS) is 13.0. The van der Waals surface area contributed by atoms with Crippen LogP contribution in [0, 0.1) is 11.8 Å². The molecule has 0 aliphatic heterocycles. The highest BCUT2D eigenvalue weighted by molar-refractivity contribution is 7.60. The summed E-state index contributed by atoms with van der Waals surface area (Å²) < 4.78 is 24.6. The second-order valence-corrected chi connectivity index (χ2v) is 8.61. The zero-order valence-electron chi connectivity index (χ0n) is 11.6. The summed E-state index contributed by atoms with van der Waals surface area (Å²) in [5, 5.41) is 1.59. The molecule has 2 atom stereocenters. The lowest BCUT2D eigenvalue weighted by molar-refractivity contribution is 0.583. The van der Waals surface area contributed by atoms with Gasteiger partial charge in [0.25, 0.3) is 0 Å². The van der Waals surface area contributed by atoms with Gasteiger partial charge >= 0.3 is 15.6 Å². The van der Waals surface area contributed by atoms with E-state index in [0.717, 1.165) is 10.6 Å². The first-order valence-corrected chi connectivity index (χ1v) is 9.29. The lowest BCUT2D eigenvalue weighted by Crippen LogP contribution is -2.20. The molecule has 0 aromatic heterocycles. The number of hydrogen-bond donors (Lipinski definition) is 0. The molecular weight excluding hydrogens is 262 g/mol. The summed E-state index contributed by atoms with van der Waals surface area (Å²) in [6, 6.07) is 7.49. The first-order valence-electron chi connectivity index (χ1n) is 6.40. The highest BCUT2D eigenvalue weighted by Gasteiger charge is 2.34. The molecule has 2 nitrogen and oxygen atoms in total. The summed E-state index contributed by atoms with van der Waals surface area (Å²) in [5.74, 6) is 0.786. The molecule has 2 unspecified atom stereocenters. The molecule has 0 amide bonds. The van der Waals surface area contributed by atoms with Crippen molar-refractivity contribution < 1.29 is 9.13 Å².